The minimum absolute atomic E-state index is 0.362. The maximum Gasteiger partial charge on any atom is 0.314 e. The third-order valence-electron chi connectivity index (χ3n) is 3.55. The predicted molar refractivity (Wildman–Crippen MR) is 70.2 cm³/mol. The summed E-state index contributed by atoms with van der Waals surface area (Å²) in [5, 5.41) is 9.22. The Labute approximate surface area is 113 Å². The highest BCUT2D eigenvalue weighted by Crippen LogP contribution is 2.27. The number of carboxylic acid groups (broad SMARTS) is 1. The van der Waals surface area contributed by atoms with Crippen LogP contribution in [0, 0.1) is 6.92 Å². The van der Waals surface area contributed by atoms with Gasteiger partial charge in [0.1, 0.15) is 11.7 Å². The number of aromatic nitrogens is 2. The van der Waals surface area contributed by atoms with E-state index in [0.29, 0.717) is 18.2 Å². The fourth-order valence-corrected chi connectivity index (χ4v) is 2.44. The van der Waals surface area contributed by atoms with Crippen molar-refractivity contribution in [3.63, 3.8) is 0 Å². The molecular formula is C14H20N2O3. The number of carboxylic acids is 1. The molecule has 1 aromatic rings. The molecule has 1 aliphatic heterocycles. The summed E-state index contributed by atoms with van der Waals surface area (Å²) >= 11 is 0. The van der Waals surface area contributed by atoms with Gasteiger partial charge in [0.2, 0.25) is 0 Å². The second-order valence-electron chi connectivity index (χ2n) is 4.98. The first-order chi connectivity index (χ1) is 9.11. The molecule has 5 nitrogen and oxygen atoms in total. The van der Waals surface area contributed by atoms with Crippen molar-refractivity contribution < 1.29 is 14.6 Å². The number of aryl methyl sites for hydroxylation is 1. The highest BCUT2D eigenvalue weighted by Gasteiger charge is 2.24. The summed E-state index contributed by atoms with van der Waals surface area (Å²) in [5.74, 6) is -0.665. The molecule has 1 atom stereocenters. The molecule has 1 N–H and O–H groups in total. The molecule has 5 heteroatoms. The van der Waals surface area contributed by atoms with Crippen LogP contribution in [0.3, 0.4) is 0 Å². The first kappa shape index (κ1) is 13.9. The second-order valence-corrected chi connectivity index (χ2v) is 4.98. The first-order valence-electron chi connectivity index (χ1n) is 6.77. The van der Waals surface area contributed by atoms with Crippen molar-refractivity contribution >= 4 is 5.97 Å². The third-order valence-corrected chi connectivity index (χ3v) is 3.55. The number of rotatable bonds is 4. The Balaban J connectivity index is 2.30. The molecule has 104 valence electrons. The van der Waals surface area contributed by atoms with E-state index in [-0.39, 0.29) is 0 Å². The highest BCUT2D eigenvalue weighted by atomic mass is 16.5. The van der Waals surface area contributed by atoms with Crippen molar-refractivity contribution in [3.05, 3.63) is 23.3 Å². The summed E-state index contributed by atoms with van der Waals surface area (Å²) in [6, 6.07) is 1.97. The fraction of sp³-hybridized carbons (Fsp3) is 0.643. The lowest BCUT2D eigenvalue weighted by molar-refractivity contribution is -0.139. The fourth-order valence-electron chi connectivity index (χ4n) is 2.44. The van der Waals surface area contributed by atoms with Crippen molar-refractivity contribution in [1.82, 2.24) is 9.97 Å². The Morgan fingerprint density at radius 2 is 2.16 bits per heavy atom. The lowest BCUT2D eigenvalue weighted by Crippen LogP contribution is -2.19. The molecule has 1 aromatic heterocycles. The van der Waals surface area contributed by atoms with E-state index in [9.17, 15) is 9.90 Å². The number of nitrogens with zero attached hydrogens (tertiary/aromatic N) is 2. The monoisotopic (exact) mass is 264 g/mol. The minimum Gasteiger partial charge on any atom is -0.481 e. The average molecular weight is 264 g/mol. The zero-order valence-electron chi connectivity index (χ0n) is 11.4. The van der Waals surface area contributed by atoms with Crippen LogP contribution in [-0.2, 0) is 9.53 Å². The highest BCUT2D eigenvalue weighted by molar-refractivity contribution is 5.74. The van der Waals surface area contributed by atoms with Crippen molar-refractivity contribution in [2.45, 2.75) is 44.9 Å². The normalized spacial score (nSPS) is 18.2. The molecule has 0 aromatic carbocycles. The van der Waals surface area contributed by atoms with Gasteiger partial charge in [0, 0.05) is 30.5 Å². The standard InChI is InChI=1S/C14H20N2O3/c1-3-11(14(17)18)13-15-9(2)8-12(16-13)10-4-6-19-7-5-10/h8,10-11H,3-7H2,1-2H3,(H,17,18). The summed E-state index contributed by atoms with van der Waals surface area (Å²) in [6.45, 7) is 5.24. The van der Waals surface area contributed by atoms with Crippen LogP contribution in [0.4, 0.5) is 0 Å². The topological polar surface area (TPSA) is 72.3 Å². The van der Waals surface area contributed by atoms with Crippen molar-refractivity contribution in [2.24, 2.45) is 0 Å². The van der Waals surface area contributed by atoms with Gasteiger partial charge in [-0.25, -0.2) is 9.97 Å². The van der Waals surface area contributed by atoms with Gasteiger partial charge in [0.05, 0.1) is 0 Å². The molecule has 0 aliphatic carbocycles. The maximum atomic E-state index is 11.2. The van der Waals surface area contributed by atoms with Gasteiger partial charge in [-0.05, 0) is 32.3 Å². The number of hydrogen-bond donors (Lipinski definition) is 1. The van der Waals surface area contributed by atoms with Crippen LogP contribution in [0.2, 0.25) is 0 Å². The van der Waals surface area contributed by atoms with E-state index >= 15 is 0 Å². The molecule has 0 bridgehead atoms. The van der Waals surface area contributed by atoms with E-state index in [2.05, 4.69) is 9.97 Å². The van der Waals surface area contributed by atoms with Gasteiger partial charge in [-0.3, -0.25) is 4.79 Å². The van der Waals surface area contributed by atoms with Crippen molar-refractivity contribution in [3.8, 4) is 0 Å². The Hall–Kier alpha value is -1.49. The van der Waals surface area contributed by atoms with Crippen LogP contribution in [-0.4, -0.2) is 34.3 Å². The van der Waals surface area contributed by atoms with Gasteiger partial charge in [-0.15, -0.1) is 0 Å². The van der Waals surface area contributed by atoms with E-state index in [1.165, 1.54) is 0 Å². The molecule has 0 saturated carbocycles. The summed E-state index contributed by atoms with van der Waals surface area (Å²) in [5.41, 5.74) is 1.80. The van der Waals surface area contributed by atoms with E-state index in [4.69, 9.17) is 4.74 Å². The lowest BCUT2D eigenvalue weighted by atomic mass is 9.95. The van der Waals surface area contributed by atoms with E-state index in [0.717, 1.165) is 37.4 Å². The van der Waals surface area contributed by atoms with E-state index in [1.807, 2.05) is 19.9 Å². The van der Waals surface area contributed by atoms with Gasteiger partial charge in [-0.2, -0.15) is 0 Å². The Morgan fingerprint density at radius 3 is 2.74 bits per heavy atom. The number of hydrogen-bond acceptors (Lipinski definition) is 4. The maximum absolute atomic E-state index is 11.2. The zero-order chi connectivity index (χ0) is 13.8. The second kappa shape index (κ2) is 6.10. The third kappa shape index (κ3) is 3.29. The van der Waals surface area contributed by atoms with Crippen molar-refractivity contribution in [2.75, 3.05) is 13.2 Å². The van der Waals surface area contributed by atoms with Crippen LogP contribution < -0.4 is 0 Å². The molecule has 0 spiro atoms. The Morgan fingerprint density at radius 1 is 1.47 bits per heavy atom. The zero-order valence-corrected chi connectivity index (χ0v) is 11.4. The number of ether oxygens (including phenoxy) is 1. The SMILES string of the molecule is CCC(C(=O)O)c1nc(C)cc(C2CCOCC2)n1. The molecule has 1 unspecified atom stereocenters. The van der Waals surface area contributed by atoms with E-state index < -0.39 is 11.9 Å². The van der Waals surface area contributed by atoms with Crippen LogP contribution in [0.15, 0.2) is 6.07 Å². The van der Waals surface area contributed by atoms with Gasteiger partial charge < -0.3 is 9.84 Å². The Kier molecular flexibility index (Phi) is 4.47. The van der Waals surface area contributed by atoms with Crippen LogP contribution in [0.5, 0.6) is 0 Å². The minimum atomic E-state index is -0.856. The molecule has 0 amide bonds. The van der Waals surface area contributed by atoms with Gasteiger partial charge >= 0.3 is 5.97 Å². The average Bonchev–Trinajstić information content (AvgIpc) is 2.39. The van der Waals surface area contributed by atoms with Crippen LogP contribution >= 0.6 is 0 Å². The molecule has 1 aliphatic rings. The summed E-state index contributed by atoms with van der Waals surface area (Å²) in [4.78, 5) is 20.0. The smallest absolute Gasteiger partial charge is 0.314 e. The molecule has 2 rings (SSSR count). The molecular weight excluding hydrogens is 244 g/mol. The van der Waals surface area contributed by atoms with Crippen LogP contribution in [0.1, 0.15) is 55.2 Å². The summed E-state index contributed by atoms with van der Waals surface area (Å²) < 4.78 is 5.35. The van der Waals surface area contributed by atoms with Gasteiger partial charge in [0.15, 0.2) is 0 Å². The van der Waals surface area contributed by atoms with Gasteiger partial charge in [0.25, 0.3) is 0 Å². The molecule has 1 fully saturated rings. The molecule has 1 saturated heterocycles. The quantitative estimate of drug-likeness (QED) is 0.903. The molecule has 0 radical (unpaired) electrons. The van der Waals surface area contributed by atoms with Gasteiger partial charge in [-0.1, -0.05) is 6.92 Å². The summed E-state index contributed by atoms with van der Waals surface area (Å²) in [6.07, 6.45) is 2.39. The van der Waals surface area contributed by atoms with Crippen molar-refractivity contribution in [1.29, 1.82) is 0 Å². The predicted octanol–water partition coefficient (Wildman–Crippen LogP) is 2.26. The largest absolute Gasteiger partial charge is 0.481 e. The van der Waals surface area contributed by atoms with Crippen LogP contribution in [0.25, 0.3) is 0 Å². The first-order valence-corrected chi connectivity index (χ1v) is 6.77. The lowest BCUT2D eigenvalue weighted by Gasteiger charge is -2.22. The van der Waals surface area contributed by atoms with E-state index in [1.54, 1.807) is 0 Å². The number of carbonyl (C=O) groups is 1. The number of aliphatic carboxylic acids is 1. The molecule has 19 heavy (non-hydrogen) atoms. The Bertz CT molecular complexity index is 456. The molecule has 2 heterocycles. The summed E-state index contributed by atoms with van der Waals surface area (Å²) in [7, 11) is 0.